The maximum atomic E-state index is 13.8. The minimum atomic E-state index is -4.78. The lowest BCUT2D eigenvalue weighted by molar-refractivity contribution is -0.138. The smallest absolute Gasteiger partial charge is 0.417 e. The summed E-state index contributed by atoms with van der Waals surface area (Å²) in [4.78, 5) is 58.0. The van der Waals surface area contributed by atoms with Crippen LogP contribution in [0.2, 0.25) is 0 Å². The van der Waals surface area contributed by atoms with E-state index in [1.165, 1.54) is 11.0 Å². The number of imide groups is 1. The monoisotopic (exact) mass is 834 g/mol. The van der Waals surface area contributed by atoms with E-state index in [0.717, 1.165) is 30.8 Å². The molecular weight excluding hydrogens is 786 g/mol. The number of carbonyl (C=O) groups excluding carboxylic acids is 4. The average Bonchev–Trinajstić information content (AvgIpc) is 3.35. The Morgan fingerprint density at radius 1 is 1.02 bits per heavy atom. The second-order valence-electron chi connectivity index (χ2n) is 15.7. The summed E-state index contributed by atoms with van der Waals surface area (Å²) in [7, 11) is 0. The quantitative estimate of drug-likeness (QED) is 0.134. The van der Waals surface area contributed by atoms with Crippen LogP contribution in [0, 0.1) is 11.3 Å². The summed E-state index contributed by atoms with van der Waals surface area (Å²) in [6.45, 7) is 12.3. The first-order valence-corrected chi connectivity index (χ1v) is 20.1. The summed E-state index contributed by atoms with van der Waals surface area (Å²) >= 11 is 4.73. The van der Waals surface area contributed by atoms with Crippen molar-refractivity contribution < 1.29 is 37.1 Å². The second kappa shape index (κ2) is 17.5. The fraction of sp³-hybridized carbons (Fsp3) is 0.452. The Kier molecular flexibility index (Phi) is 12.8. The van der Waals surface area contributed by atoms with Gasteiger partial charge in [-0.3, -0.25) is 39.2 Å². The topological polar surface area (TPSA) is 150 Å². The van der Waals surface area contributed by atoms with Crippen molar-refractivity contribution in [3.63, 3.8) is 0 Å². The number of alkyl halides is 3. The molecule has 4 atom stereocenters. The SMILES string of the molecule is CCc1cc(N2C(S)N(c3ccc(C#N)c(C(F)(F)F)c3)C(=O)C2(C)C)ccc1OCCN1C[C@@H](C)N(CC(=O)Nc2cccc(N[C@H]3CCC(=O)NC3=O)c2)[C@@H](C)C1. The van der Waals surface area contributed by atoms with E-state index < -0.39 is 40.3 Å². The van der Waals surface area contributed by atoms with Gasteiger partial charge in [-0.1, -0.05) is 13.0 Å². The van der Waals surface area contributed by atoms with Gasteiger partial charge < -0.3 is 20.3 Å². The van der Waals surface area contributed by atoms with E-state index in [0.29, 0.717) is 48.8 Å². The lowest BCUT2D eigenvalue weighted by Gasteiger charge is -2.44. The Labute approximate surface area is 347 Å². The first-order chi connectivity index (χ1) is 27.9. The summed E-state index contributed by atoms with van der Waals surface area (Å²) in [5.74, 6) is -0.565. The molecule has 0 spiro atoms. The molecule has 3 aromatic carbocycles. The van der Waals surface area contributed by atoms with Gasteiger partial charge in [-0.15, -0.1) is 12.6 Å². The van der Waals surface area contributed by atoms with Crippen LogP contribution in [0.1, 0.15) is 64.2 Å². The highest BCUT2D eigenvalue weighted by atomic mass is 32.1. The number of piperazine rings is 1. The highest BCUT2D eigenvalue weighted by molar-refractivity contribution is 7.81. The van der Waals surface area contributed by atoms with E-state index in [4.69, 9.17) is 17.4 Å². The van der Waals surface area contributed by atoms with Gasteiger partial charge >= 0.3 is 6.18 Å². The molecule has 13 nitrogen and oxygen atoms in total. The molecule has 59 heavy (non-hydrogen) atoms. The molecule has 0 saturated carbocycles. The number of nitrogens with zero attached hydrogens (tertiary/aromatic N) is 5. The minimum Gasteiger partial charge on any atom is -0.492 e. The molecule has 3 saturated heterocycles. The van der Waals surface area contributed by atoms with E-state index in [9.17, 15) is 37.6 Å². The number of rotatable bonds is 12. The molecule has 6 rings (SSSR count). The number of amides is 4. The molecule has 1 unspecified atom stereocenters. The number of benzene rings is 3. The number of thiol groups is 1. The Morgan fingerprint density at radius 3 is 2.37 bits per heavy atom. The molecule has 0 radical (unpaired) electrons. The lowest BCUT2D eigenvalue weighted by Crippen LogP contribution is -2.58. The molecule has 3 aliphatic rings. The van der Waals surface area contributed by atoms with Crippen LogP contribution in [0.3, 0.4) is 0 Å². The van der Waals surface area contributed by atoms with E-state index >= 15 is 0 Å². The van der Waals surface area contributed by atoms with Gasteiger partial charge in [0.2, 0.25) is 17.7 Å². The molecule has 3 aromatic rings. The first kappa shape index (κ1) is 43.3. The average molecular weight is 835 g/mol. The number of hydrogen-bond donors (Lipinski definition) is 4. The number of anilines is 4. The molecule has 0 aromatic heterocycles. The highest BCUT2D eigenvalue weighted by Crippen LogP contribution is 2.43. The molecule has 314 valence electrons. The number of halogens is 3. The van der Waals surface area contributed by atoms with Crippen molar-refractivity contribution in [2.75, 3.05) is 53.2 Å². The van der Waals surface area contributed by atoms with Gasteiger partial charge in [0.15, 0.2) is 5.50 Å². The van der Waals surface area contributed by atoms with Gasteiger partial charge in [-0.2, -0.15) is 18.4 Å². The van der Waals surface area contributed by atoms with Crippen molar-refractivity contribution in [3.05, 3.63) is 77.4 Å². The Bertz CT molecular complexity index is 2130. The third kappa shape index (κ3) is 9.45. The van der Waals surface area contributed by atoms with Crippen LogP contribution in [-0.4, -0.2) is 95.4 Å². The first-order valence-electron chi connectivity index (χ1n) is 19.6. The zero-order chi connectivity index (χ0) is 42.8. The van der Waals surface area contributed by atoms with Crippen LogP contribution >= 0.6 is 12.6 Å². The number of aryl methyl sites for hydroxylation is 1. The molecule has 3 N–H and O–H groups in total. The molecular formula is C42H49F3N8O5S. The number of carbonyl (C=O) groups is 4. The Hall–Kier alpha value is -5.31. The summed E-state index contributed by atoms with van der Waals surface area (Å²) in [6.07, 6.45) is -3.50. The third-order valence-electron chi connectivity index (χ3n) is 11.1. The summed E-state index contributed by atoms with van der Waals surface area (Å²) in [5, 5.41) is 17.7. The standard InChI is InChI=1S/C42H49F3N8O5S/c1-6-27-18-32(53-40(59)52(39(57)41(53,4)5)31-11-10-28(21-46)33(20-31)42(43,44)45)12-14-35(27)58-17-16-50-22-25(2)51(26(3)23-50)24-37(55)48-30-9-7-8-29(19-30)47-34-13-15-36(54)49-38(34)56/h7-12,14,18-20,25-26,34,40,47,59H,6,13,15-17,22-24H2,1-5H3,(H,48,55)(H,49,54,56)/t25-,26+,34-,40?/m0/s1. The van der Waals surface area contributed by atoms with Crippen molar-refractivity contribution in [1.82, 2.24) is 15.1 Å². The summed E-state index contributed by atoms with van der Waals surface area (Å²) in [5.41, 5.74) is -0.955. The van der Waals surface area contributed by atoms with Crippen LogP contribution < -0.4 is 30.5 Å². The van der Waals surface area contributed by atoms with E-state index in [1.807, 2.05) is 25.1 Å². The van der Waals surface area contributed by atoms with Crippen LogP contribution in [0.5, 0.6) is 5.75 Å². The molecule has 3 aliphatic heterocycles. The lowest BCUT2D eigenvalue weighted by atomic mass is 10.0. The Morgan fingerprint density at radius 2 is 1.71 bits per heavy atom. The minimum absolute atomic E-state index is 0.0100. The fourth-order valence-corrected chi connectivity index (χ4v) is 8.75. The van der Waals surface area contributed by atoms with Gasteiger partial charge in [0.25, 0.3) is 5.91 Å². The van der Waals surface area contributed by atoms with E-state index in [1.54, 1.807) is 49.1 Å². The molecule has 0 aliphatic carbocycles. The largest absolute Gasteiger partial charge is 0.492 e. The predicted molar refractivity (Wildman–Crippen MR) is 221 cm³/mol. The highest BCUT2D eigenvalue weighted by Gasteiger charge is 2.52. The zero-order valence-electron chi connectivity index (χ0n) is 33.6. The number of hydrogen-bond acceptors (Lipinski definition) is 11. The van der Waals surface area contributed by atoms with Gasteiger partial charge in [0, 0.05) is 60.9 Å². The van der Waals surface area contributed by atoms with Crippen LogP contribution in [0.4, 0.5) is 35.9 Å². The van der Waals surface area contributed by atoms with Crippen LogP contribution in [0.15, 0.2) is 60.7 Å². The fourth-order valence-electron chi connectivity index (χ4n) is 8.09. The van der Waals surface area contributed by atoms with Crippen molar-refractivity contribution in [2.24, 2.45) is 0 Å². The maximum Gasteiger partial charge on any atom is 0.417 e. The maximum absolute atomic E-state index is 13.8. The number of nitriles is 1. The number of ether oxygens (including phenoxy) is 1. The van der Waals surface area contributed by atoms with Crippen LogP contribution in [-0.2, 0) is 31.8 Å². The number of piperidine rings is 1. The summed E-state index contributed by atoms with van der Waals surface area (Å²) < 4.78 is 47.7. The molecule has 0 bridgehead atoms. The van der Waals surface area contributed by atoms with E-state index in [2.05, 4.69) is 39.6 Å². The Balaban J connectivity index is 1.03. The van der Waals surface area contributed by atoms with Gasteiger partial charge in [-0.05, 0) is 101 Å². The van der Waals surface area contributed by atoms with Gasteiger partial charge in [-0.25, -0.2) is 0 Å². The third-order valence-corrected chi connectivity index (χ3v) is 11.6. The zero-order valence-corrected chi connectivity index (χ0v) is 34.5. The van der Waals surface area contributed by atoms with Crippen LogP contribution in [0.25, 0.3) is 0 Å². The van der Waals surface area contributed by atoms with E-state index in [-0.39, 0.29) is 48.5 Å². The van der Waals surface area contributed by atoms with Crippen molar-refractivity contribution >= 4 is 59.0 Å². The molecule has 3 heterocycles. The molecule has 3 fully saturated rings. The normalized spacial score (nSPS) is 22.5. The van der Waals surface area contributed by atoms with Crippen molar-refractivity contribution in [1.29, 1.82) is 5.26 Å². The predicted octanol–water partition coefficient (Wildman–Crippen LogP) is 5.61. The van der Waals surface area contributed by atoms with Gasteiger partial charge in [0.05, 0.1) is 23.7 Å². The summed E-state index contributed by atoms with van der Waals surface area (Å²) in [6, 6.07) is 17.1. The molecule has 4 amide bonds. The van der Waals surface area contributed by atoms with Crippen molar-refractivity contribution in [2.45, 2.75) is 89.2 Å². The van der Waals surface area contributed by atoms with Gasteiger partial charge in [0.1, 0.15) is 23.9 Å². The second-order valence-corrected chi connectivity index (χ2v) is 16.2. The number of nitrogens with one attached hydrogen (secondary N) is 3. The van der Waals surface area contributed by atoms with Crippen molar-refractivity contribution in [3.8, 4) is 11.8 Å². The molecule has 17 heteroatoms.